The minimum Gasteiger partial charge on any atom is -0.368 e. The van der Waals surface area contributed by atoms with Crippen molar-refractivity contribution < 1.29 is 0 Å². The monoisotopic (exact) mass is 195 g/mol. The van der Waals surface area contributed by atoms with Gasteiger partial charge in [0.05, 0.1) is 6.34 Å². The van der Waals surface area contributed by atoms with Crippen LogP contribution >= 0.6 is 0 Å². The molecule has 2 aliphatic heterocycles. The predicted molar refractivity (Wildman–Crippen MR) is 57.3 cm³/mol. The van der Waals surface area contributed by atoms with Crippen LogP contribution in [-0.4, -0.2) is 43.0 Å². The number of hydrogen-bond donors (Lipinski definition) is 2. The molecule has 5 nitrogen and oxygen atoms in total. The first-order valence-electron chi connectivity index (χ1n) is 5.07. The molecular weight excluding hydrogens is 178 g/mol. The molecular formula is C9H17N5. The van der Waals surface area contributed by atoms with E-state index in [-0.39, 0.29) is 0 Å². The first-order chi connectivity index (χ1) is 6.75. The second kappa shape index (κ2) is 3.96. The van der Waals surface area contributed by atoms with E-state index in [9.17, 15) is 0 Å². The maximum absolute atomic E-state index is 5.44. The van der Waals surface area contributed by atoms with E-state index < -0.39 is 0 Å². The largest absolute Gasteiger partial charge is 0.368 e. The van der Waals surface area contributed by atoms with E-state index >= 15 is 0 Å². The number of nitrogens with one attached hydrogen (secondary N) is 1. The molecule has 14 heavy (non-hydrogen) atoms. The van der Waals surface area contributed by atoms with Crippen LogP contribution in [0.1, 0.15) is 13.3 Å². The Morgan fingerprint density at radius 2 is 2.57 bits per heavy atom. The molecule has 2 heterocycles. The smallest absolute Gasteiger partial charge is 0.218 e. The summed E-state index contributed by atoms with van der Waals surface area (Å²) < 4.78 is 0. The van der Waals surface area contributed by atoms with Crippen molar-refractivity contribution in [2.24, 2.45) is 21.6 Å². The Kier molecular flexibility index (Phi) is 2.67. The molecule has 5 heteroatoms. The molecule has 0 aliphatic carbocycles. The predicted octanol–water partition coefficient (Wildman–Crippen LogP) is -0.399. The summed E-state index contributed by atoms with van der Waals surface area (Å²) in [6.45, 7) is 5.02. The van der Waals surface area contributed by atoms with E-state index in [1.807, 2.05) is 0 Å². The maximum atomic E-state index is 5.44. The SMILES string of the molecule is CC1CCNC1CN1C=NC(N)=NC1. The van der Waals surface area contributed by atoms with Crippen LogP contribution in [0.15, 0.2) is 9.98 Å². The van der Waals surface area contributed by atoms with Crippen molar-refractivity contribution in [3.63, 3.8) is 0 Å². The first-order valence-corrected chi connectivity index (χ1v) is 5.07. The van der Waals surface area contributed by atoms with Gasteiger partial charge in [0.1, 0.15) is 6.67 Å². The highest BCUT2D eigenvalue weighted by Crippen LogP contribution is 2.15. The number of aliphatic imine (C=N–C) groups is 2. The zero-order chi connectivity index (χ0) is 9.97. The average molecular weight is 195 g/mol. The summed E-state index contributed by atoms with van der Waals surface area (Å²) in [4.78, 5) is 10.1. The van der Waals surface area contributed by atoms with Gasteiger partial charge in [0, 0.05) is 12.6 Å². The average Bonchev–Trinajstić information content (AvgIpc) is 2.56. The molecule has 1 saturated heterocycles. The fraction of sp³-hybridized carbons (Fsp3) is 0.778. The Balaban J connectivity index is 1.84. The number of nitrogens with zero attached hydrogens (tertiary/aromatic N) is 3. The third-order valence-electron chi connectivity index (χ3n) is 2.89. The van der Waals surface area contributed by atoms with E-state index in [2.05, 4.69) is 27.1 Å². The topological polar surface area (TPSA) is 66.0 Å². The van der Waals surface area contributed by atoms with Crippen molar-refractivity contribution in [3.8, 4) is 0 Å². The molecule has 0 amide bonds. The summed E-state index contributed by atoms with van der Waals surface area (Å²) >= 11 is 0. The van der Waals surface area contributed by atoms with E-state index in [4.69, 9.17) is 5.73 Å². The molecule has 0 aromatic heterocycles. The molecule has 0 radical (unpaired) electrons. The van der Waals surface area contributed by atoms with Gasteiger partial charge < -0.3 is 16.0 Å². The minimum absolute atomic E-state index is 0.383. The normalized spacial score (nSPS) is 32.1. The molecule has 0 aromatic rings. The highest BCUT2D eigenvalue weighted by Gasteiger charge is 2.24. The Morgan fingerprint density at radius 3 is 3.14 bits per heavy atom. The highest BCUT2D eigenvalue weighted by atomic mass is 15.3. The van der Waals surface area contributed by atoms with Crippen LogP contribution in [0.3, 0.4) is 0 Å². The summed E-state index contributed by atoms with van der Waals surface area (Å²) in [5, 5.41) is 3.48. The second-order valence-electron chi connectivity index (χ2n) is 4.00. The third kappa shape index (κ3) is 2.04. The van der Waals surface area contributed by atoms with Gasteiger partial charge in [-0.25, -0.2) is 9.98 Å². The zero-order valence-corrected chi connectivity index (χ0v) is 8.48. The molecule has 0 bridgehead atoms. The van der Waals surface area contributed by atoms with Crippen LogP contribution in [0.4, 0.5) is 0 Å². The number of rotatable bonds is 2. The fourth-order valence-electron chi connectivity index (χ4n) is 1.88. The van der Waals surface area contributed by atoms with Crippen LogP contribution in [0.25, 0.3) is 0 Å². The summed E-state index contributed by atoms with van der Waals surface area (Å²) in [6.07, 6.45) is 3.05. The van der Waals surface area contributed by atoms with Gasteiger partial charge >= 0.3 is 0 Å². The van der Waals surface area contributed by atoms with E-state index in [1.165, 1.54) is 6.42 Å². The zero-order valence-electron chi connectivity index (χ0n) is 8.48. The van der Waals surface area contributed by atoms with Crippen molar-refractivity contribution in [2.75, 3.05) is 19.8 Å². The lowest BCUT2D eigenvalue weighted by molar-refractivity contribution is 0.345. The molecule has 78 valence electrons. The van der Waals surface area contributed by atoms with Gasteiger partial charge in [0.15, 0.2) is 0 Å². The van der Waals surface area contributed by atoms with Crippen LogP contribution in [0, 0.1) is 5.92 Å². The summed E-state index contributed by atoms with van der Waals surface area (Å²) in [7, 11) is 0. The summed E-state index contributed by atoms with van der Waals surface area (Å²) in [6, 6.07) is 0.566. The van der Waals surface area contributed by atoms with Gasteiger partial charge in [-0.2, -0.15) is 0 Å². The second-order valence-corrected chi connectivity index (χ2v) is 4.00. The first kappa shape index (κ1) is 9.45. The maximum Gasteiger partial charge on any atom is 0.218 e. The van der Waals surface area contributed by atoms with Gasteiger partial charge in [0.25, 0.3) is 0 Å². The van der Waals surface area contributed by atoms with Gasteiger partial charge in [-0.05, 0) is 18.9 Å². The third-order valence-corrected chi connectivity index (χ3v) is 2.89. The van der Waals surface area contributed by atoms with Gasteiger partial charge in [-0.1, -0.05) is 6.92 Å². The van der Waals surface area contributed by atoms with Crippen molar-refractivity contribution >= 4 is 12.3 Å². The number of hydrogen-bond acceptors (Lipinski definition) is 5. The Hall–Kier alpha value is -1.10. The molecule has 1 fully saturated rings. The molecule has 3 N–H and O–H groups in total. The van der Waals surface area contributed by atoms with Crippen LogP contribution in [0.5, 0.6) is 0 Å². The molecule has 2 atom stereocenters. The van der Waals surface area contributed by atoms with Crippen LogP contribution in [0.2, 0.25) is 0 Å². The van der Waals surface area contributed by atoms with Gasteiger partial charge in [0.2, 0.25) is 5.96 Å². The highest BCUT2D eigenvalue weighted by molar-refractivity contribution is 5.87. The quantitative estimate of drug-likeness (QED) is 0.630. The molecule has 2 rings (SSSR count). The van der Waals surface area contributed by atoms with Crippen molar-refractivity contribution in [3.05, 3.63) is 0 Å². The van der Waals surface area contributed by atoms with Gasteiger partial charge in [-0.3, -0.25) is 0 Å². The molecule has 2 aliphatic rings. The lowest BCUT2D eigenvalue weighted by atomic mass is 10.0. The minimum atomic E-state index is 0.383. The van der Waals surface area contributed by atoms with Gasteiger partial charge in [-0.15, -0.1) is 0 Å². The molecule has 0 spiro atoms. The Bertz CT molecular complexity index is 260. The Labute approximate surface area is 84.1 Å². The van der Waals surface area contributed by atoms with Crippen LogP contribution < -0.4 is 11.1 Å². The summed E-state index contributed by atoms with van der Waals surface area (Å²) in [5.74, 6) is 1.13. The van der Waals surface area contributed by atoms with E-state index in [1.54, 1.807) is 6.34 Å². The van der Waals surface area contributed by atoms with Crippen molar-refractivity contribution in [1.29, 1.82) is 0 Å². The number of guanidine groups is 1. The van der Waals surface area contributed by atoms with E-state index in [0.29, 0.717) is 18.7 Å². The molecule has 2 unspecified atom stereocenters. The standard InChI is InChI=1S/C9H17N5/c1-7-2-3-11-8(7)4-14-5-12-9(10)13-6-14/h5,7-8,11H,2-4,6H2,1H3,(H2,10,13). The summed E-state index contributed by atoms with van der Waals surface area (Å²) in [5.41, 5.74) is 5.44. The lowest BCUT2D eigenvalue weighted by Gasteiger charge is -2.25. The van der Waals surface area contributed by atoms with Crippen molar-refractivity contribution in [1.82, 2.24) is 10.2 Å². The number of nitrogens with two attached hydrogens (primary N) is 1. The molecule has 0 saturated carbocycles. The van der Waals surface area contributed by atoms with Crippen molar-refractivity contribution in [2.45, 2.75) is 19.4 Å². The van der Waals surface area contributed by atoms with E-state index in [0.717, 1.165) is 19.0 Å². The Morgan fingerprint density at radius 1 is 1.71 bits per heavy atom. The molecule has 0 aromatic carbocycles. The van der Waals surface area contributed by atoms with Crippen LogP contribution in [-0.2, 0) is 0 Å². The lowest BCUT2D eigenvalue weighted by Crippen LogP contribution is -2.41. The fourth-order valence-corrected chi connectivity index (χ4v) is 1.88.